The summed E-state index contributed by atoms with van der Waals surface area (Å²) in [4.78, 5) is 10.2. The van der Waals surface area contributed by atoms with Crippen molar-refractivity contribution in [3.8, 4) is 61.6 Å². The predicted molar refractivity (Wildman–Crippen MR) is 284 cm³/mol. The van der Waals surface area contributed by atoms with Crippen LogP contribution in [0, 0.1) is 5.41 Å². The van der Waals surface area contributed by atoms with Crippen LogP contribution in [0.1, 0.15) is 16.7 Å². The van der Waals surface area contributed by atoms with Crippen molar-refractivity contribution in [2.75, 3.05) is 0 Å². The fourth-order valence-corrected chi connectivity index (χ4v) is 9.01. The summed E-state index contributed by atoms with van der Waals surface area (Å²) in [6, 6.07) is 86.4. The van der Waals surface area contributed by atoms with E-state index >= 15 is 0 Å². The Morgan fingerprint density at radius 2 is 0.985 bits per heavy atom. The highest BCUT2D eigenvalue weighted by Gasteiger charge is 2.16. The Kier molecular flexibility index (Phi) is 11.4. The van der Waals surface area contributed by atoms with Crippen molar-refractivity contribution < 1.29 is 0 Å². The molecular formula is C63H45N5. The van der Waals surface area contributed by atoms with Gasteiger partial charge in [0.1, 0.15) is 11.7 Å². The third-order valence-electron chi connectivity index (χ3n) is 12.4. The summed E-state index contributed by atoms with van der Waals surface area (Å²) in [6.45, 7) is 0. The average molecular weight is 872 g/mol. The molecular weight excluding hydrogens is 827 g/mol. The number of amidine groups is 1. The standard InChI is InChI=1S/C63H45N5/c64-62(49-19-6-2-7-20-49)66-43-60(48-39-35-45(36-40-48)44-17-4-1-5-18-44)65-42-52-23-10-11-26-55(52)57-29-16-28-56-54(27-15-30-58(56)57)47-37-33-46(34-38-47)51-24-14-25-53(41-51)68-61-32-13-12-31-59(61)67-63(68)50-21-8-3-9-22-50/h1-43H,(H2,64,66)/b60-43-,65-42?. The summed E-state index contributed by atoms with van der Waals surface area (Å²) in [5.74, 6) is 1.22. The third-order valence-corrected chi connectivity index (χ3v) is 12.4. The van der Waals surface area contributed by atoms with E-state index in [2.05, 4.69) is 210 Å². The van der Waals surface area contributed by atoms with E-state index in [0.29, 0.717) is 11.5 Å². The van der Waals surface area contributed by atoms with E-state index in [1.165, 1.54) is 10.9 Å². The zero-order valence-corrected chi connectivity index (χ0v) is 37.2. The van der Waals surface area contributed by atoms with Crippen molar-refractivity contribution >= 4 is 39.6 Å². The summed E-state index contributed by atoms with van der Waals surface area (Å²) in [5, 5.41) is 14.3. The number of imidazole rings is 1. The Labute approximate surface area is 396 Å². The lowest BCUT2D eigenvalue weighted by molar-refractivity contribution is 1.10. The number of aromatic nitrogens is 2. The largest absolute Gasteiger partial charge is 0.344 e. The van der Waals surface area contributed by atoms with Crippen molar-refractivity contribution in [1.82, 2.24) is 14.9 Å². The summed E-state index contributed by atoms with van der Waals surface area (Å²) >= 11 is 0. The van der Waals surface area contributed by atoms with E-state index in [-0.39, 0.29) is 0 Å². The number of fused-ring (bicyclic) bond motifs is 2. The number of aliphatic imine (C=N–C) groups is 1. The maximum absolute atomic E-state index is 8.76. The van der Waals surface area contributed by atoms with E-state index in [0.717, 1.165) is 89.1 Å². The molecule has 0 fully saturated rings. The summed E-state index contributed by atoms with van der Waals surface area (Å²) in [5.41, 5.74) is 16.7. The van der Waals surface area contributed by atoms with Gasteiger partial charge in [0.2, 0.25) is 0 Å². The smallest absolute Gasteiger partial charge is 0.145 e. The van der Waals surface area contributed by atoms with Gasteiger partial charge in [-0.2, -0.15) is 0 Å². The average Bonchev–Trinajstić information content (AvgIpc) is 3.81. The maximum atomic E-state index is 8.76. The van der Waals surface area contributed by atoms with Crippen LogP contribution in [-0.4, -0.2) is 21.6 Å². The van der Waals surface area contributed by atoms with E-state index in [1.807, 2.05) is 60.9 Å². The molecule has 322 valence electrons. The van der Waals surface area contributed by atoms with Crippen LogP contribution in [-0.2, 0) is 0 Å². The Bertz CT molecular complexity index is 3630. The molecule has 68 heavy (non-hydrogen) atoms. The SMILES string of the molecule is N=C(N/C=C(\N=Cc1ccccc1-c1cccc2c(-c3ccc(-c4cccc(-n5c(-c6ccccc6)nc6ccccc65)c4)cc3)cccc12)c1ccc(-c2ccccc2)cc1)c1ccccc1. The minimum Gasteiger partial charge on any atom is -0.344 e. The number of nitrogens with one attached hydrogen (secondary N) is 2. The molecule has 10 aromatic carbocycles. The van der Waals surface area contributed by atoms with Crippen molar-refractivity contribution in [1.29, 1.82) is 5.41 Å². The van der Waals surface area contributed by atoms with Gasteiger partial charge in [0.05, 0.1) is 16.7 Å². The molecule has 2 N–H and O–H groups in total. The van der Waals surface area contributed by atoms with Crippen LogP contribution in [0.3, 0.4) is 0 Å². The van der Waals surface area contributed by atoms with Crippen molar-refractivity contribution in [2.45, 2.75) is 0 Å². The van der Waals surface area contributed by atoms with Crippen LogP contribution in [0.5, 0.6) is 0 Å². The highest BCUT2D eigenvalue weighted by molar-refractivity contribution is 6.07. The van der Waals surface area contributed by atoms with Gasteiger partial charge in [-0.3, -0.25) is 15.0 Å². The van der Waals surface area contributed by atoms with Gasteiger partial charge >= 0.3 is 0 Å². The molecule has 0 unspecified atom stereocenters. The number of hydrogen-bond donors (Lipinski definition) is 2. The van der Waals surface area contributed by atoms with Gasteiger partial charge < -0.3 is 5.32 Å². The quantitative estimate of drug-likeness (QED) is 0.100. The van der Waals surface area contributed by atoms with Crippen LogP contribution in [0.25, 0.3) is 89.1 Å². The second kappa shape index (κ2) is 18.7. The zero-order valence-electron chi connectivity index (χ0n) is 37.2. The fraction of sp³-hybridized carbons (Fsp3) is 0. The molecule has 0 bridgehead atoms. The fourth-order valence-electron chi connectivity index (χ4n) is 9.01. The van der Waals surface area contributed by atoms with Gasteiger partial charge in [-0.05, 0) is 79.5 Å². The molecule has 1 heterocycles. The monoisotopic (exact) mass is 871 g/mol. The second-order valence-electron chi connectivity index (χ2n) is 16.7. The molecule has 0 aliphatic rings. The number of nitrogens with zero attached hydrogens (tertiary/aromatic N) is 3. The lowest BCUT2D eigenvalue weighted by atomic mass is 9.91. The lowest BCUT2D eigenvalue weighted by Crippen LogP contribution is -2.17. The Morgan fingerprint density at radius 3 is 1.75 bits per heavy atom. The van der Waals surface area contributed by atoms with E-state index < -0.39 is 0 Å². The first kappa shape index (κ1) is 41.5. The molecule has 0 spiro atoms. The number of para-hydroxylation sites is 2. The number of hydrogen-bond acceptors (Lipinski definition) is 3. The molecule has 0 aliphatic heterocycles. The van der Waals surface area contributed by atoms with Gasteiger partial charge in [0.25, 0.3) is 0 Å². The first-order valence-corrected chi connectivity index (χ1v) is 22.8. The molecule has 0 aliphatic carbocycles. The maximum Gasteiger partial charge on any atom is 0.145 e. The summed E-state index contributed by atoms with van der Waals surface area (Å²) in [7, 11) is 0. The van der Waals surface area contributed by atoms with Crippen molar-refractivity contribution in [2.24, 2.45) is 4.99 Å². The van der Waals surface area contributed by atoms with Gasteiger partial charge in [-0.25, -0.2) is 4.98 Å². The van der Waals surface area contributed by atoms with E-state index in [4.69, 9.17) is 15.4 Å². The Balaban J connectivity index is 0.907. The van der Waals surface area contributed by atoms with Crippen LogP contribution in [0.4, 0.5) is 0 Å². The van der Waals surface area contributed by atoms with E-state index in [1.54, 1.807) is 0 Å². The van der Waals surface area contributed by atoms with Crippen LogP contribution in [0.15, 0.2) is 260 Å². The minimum absolute atomic E-state index is 0.298. The third kappa shape index (κ3) is 8.44. The topological polar surface area (TPSA) is 66.1 Å². The summed E-state index contributed by atoms with van der Waals surface area (Å²) in [6.07, 6.45) is 3.76. The van der Waals surface area contributed by atoms with Crippen molar-refractivity contribution in [3.63, 3.8) is 0 Å². The van der Waals surface area contributed by atoms with Gasteiger partial charge in [-0.15, -0.1) is 0 Å². The first-order chi connectivity index (χ1) is 33.6. The summed E-state index contributed by atoms with van der Waals surface area (Å²) < 4.78 is 2.26. The van der Waals surface area contributed by atoms with Crippen LogP contribution >= 0.6 is 0 Å². The van der Waals surface area contributed by atoms with Crippen LogP contribution in [0.2, 0.25) is 0 Å². The lowest BCUT2D eigenvalue weighted by Gasteiger charge is -2.14. The first-order valence-electron chi connectivity index (χ1n) is 22.8. The Morgan fingerprint density at radius 1 is 0.441 bits per heavy atom. The number of benzene rings is 10. The molecule has 5 nitrogen and oxygen atoms in total. The van der Waals surface area contributed by atoms with Gasteiger partial charge in [0.15, 0.2) is 0 Å². The predicted octanol–water partition coefficient (Wildman–Crippen LogP) is 15.5. The molecule has 0 radical (unpaired) electrons. The molecule has 0 amide bonds. The molecule has 0 saturated carbocycles. The molecule has 0 saturated heterocycles. The highest BCUT2D eigenvalue weighted by Crippen LogP contribution is 2.37. The van der Waals surface area contributed by atoms with Gasteiger partial charge in [-0.1, -0.05) is 224 Å². The molecule has 1 aromatic heterocycles. The van der Waals surface area contributed by atoms with Crippen molar-refractivity contribution in [3.05, 3.63) is 272 Å². The molecule has 0 atom stereocenters. The van der Waals surface area contributed by atoms with Crippen LogP contribution < -0.4 is 5.32 Å². The number of rotatable bonds is 11. The zero-order chi connectivity index (χ0) is 45.7. The highest BCUT2D eigenvalue weighted by atomic mass is 15.1. The second-order valence-corrected chi connectivity index (χ2v) is 16.7. The molecule has 11 aromatic rings. The minimum atomic E-state index is 0.298. The van der Waals surface area contributed by atoms with E-state index in [9.17, 15) is 0 Å². The Hall–Kier alpha value is -9.19. The molecule has 5 heteroatoms. The normalized spacial score (nSPS) is 11.6. The van der Waals surface area contributed by atoms with Gasteiger partial charge in [0, 0.05) is 40.4 Å². The molecule has 11 rings (SSSR count).